The average Bonchev–Trinajstić information content (AvgIpc) is 3.48. The van der Waals surface area contributed by atoms with Gasteiger partial charge in [0.25, 0.3) is 11.5 Å². The molecule has 2 heterocycles. The number of hydrogen-bond donors (Lipinski definition) is 2. The van der Waals surface area contributed by atoms with Crippen molar-refractivity contribution in [3.63, 3.8) is 0 Å². The van der Waals surface area contributed by atoms with Gasteiger partial charge in [-0.15, -0.1) is 0 Å². The van der Waals surface area contributed by atoms with Crippen LogP contribution in [0.3, 0.4) is 0 Å². The van der Waals surface area contributed by atoms with Crippen LogP contribution in [-0.4, -0.2) is 26.7 Å². The van der Waals surface area contributed by atoms with Crippen LogP contribution in [0.5, 0.6) is 0 Å². The highest BCUT2D eigenvalue weighted by atomic mass is 16.2. The number of aryl methyl sites for hydroxylation is 1. The summed E-state index contributed by atoms with van der Waals surface area (Å²) in [7, 11) is 1.78. The molecule has 144 valence electrons. The number of fused-ring (bicyclic) bond motifs is 2. The monoisotopic (exact) mass is 368 g/mol. The van der Waals surface area contributed by atoms with Crippen LogP contribution in [0.15, 0.2) is 10.9 Å². The van der Waals surface area contributed by atoms with E-state index in [-0.39, 0.29) is 17.5 Å². The van der Waals surface area contributed by atoms with E-state index in [1.807, 2.05) is 6.07 Å². The fraction of sp³-hybridized carbons (Fsp3) is 0.667. The van der Waals surface area contributed by atoms with Crippen molar-refractivity contribution in [3.8, 4) is 0 Å². The lowest BCUT2D eigenvalue weighted by Crippen LogP contribution is -2.41. The molecule has 2 aromatic rings. The highest BCUT2D eigenvalue weighted by molar-refractivity contribution is 6.05. The largest absolute Gasteiger partial charge is 0.349 e. The summed E-state index contributed by atoms with van der Waals surface area (Å²) in [5, 5.41) is 6.43. The molecule has 0 aromatic carbocycles. The molecule has 3 aliphatic rings. The zero-order valence-electron chi connectivity index (χ0n) is 16.0. The summed E-state index contributed by atoms with van der Waals surface area (Å²) in [5.74, 6) is 1.94. The normalized spacial score (nSPS) is 28.1. The summed E-state index contributed by atoms with van der Waals surface area (Å²) in [4.78, 5) is 30.2. The molecule has 3 fully saturated rings. The molecule has 0 unspecified atom stereocenters. The van der Waals surface area contributed by atoms with Gasteiger partial charge >= 0.3 is 0 Å². The number of nitrogens with one attached hydrogen (secondary N) is 2. The lowest BCUT2D eigenvalue weighted by molar-refractivity contribution is 0.0880. The highest BCUT2D eigenvalue weighted by Crippen LogP contribution is 2.41. The summed E-state index contributed by atoms with van der Waals surface area (Å²) in [5.41, 5.74) is 1.79. The molecular formula is C21H28N4O2. The van der Waals surface area contributed by atoms with Gasteiger partial charge in [-0.3, -0.25) is 19.4 Å². The molecule has 2 N–H and O–H groups in total. The molecule has 3 saturated carbocycles. The maximum absolute atomic E-state index is 13.1. The number of pyridine rings is 1. The molecule has 0 bridgehead atoms. The van der Waals surface area contributed by atoms with Gasteiger partial charge in [0.2, 0.25) is 0 Å². The number of H-pyrrole nitrogens is 1. The van der Waals surface area contributed by atoms with Crippen molar-refractivity contribution in [1.82, 2.24) is 20.1 Å². The number of rotatable bonds is 3. The molecule has 1 amide bonds. The number of aromatic amines is 1. The van der Waals surface area contributed by atoms with Crippen LogP contribution in [0.25, 0.3) is 11.0 Å². The first-order valence-electron chi connectivity index (χ1n) is 10.5. The van der Waals surface area contributed by atoms with Crippen molar-refractivity contribution in [2.24, 2.45) is 18.9 Å². The fourth-order valence-corrected chi connectivity index (χ4v) is 5.31. The summed E-state index contributed by atoms with van der Waals surface area (Å²) in [6.07, 6.45) is 11.0. The van der Waals surface area contributed by atoms with Gasteiger partial charge in [0.15, 0.2) is 5.65 Å². The zero-order chi connectivity index (χ0) is 18.5. The summed E-state index contributed by atoms with van der Waals surface area (Å²) in [6, 6.07) is 2.09. The molecular weight excluding hydrogens is 340 g/mol. The first-order valence-corrected chi connectivity index (χ1v) is 10.5. The maximum Gasteiger partial charge on any atom is 0.274 e. The van der Waals surface area contributed by atoms with Crippen LogP contribution in [0.1, 0.15) is 79.8 Å². The maximum atomic E-state index is 13.1. The van der Waals surface area contributed by atoms with Gasteiger partial charge in [-0.1, -0.05) is 25.7 Å². The van der Waals surface area contributed by atoms with Gasteiger partial charge < -0.3 is 5.32 Å². The smallest absolute Gasteiger partial charge is 0.274 e. The van der Waals surface area contributed by atoms with Crippen LogP contribution in [0, 0.1) is 11.8 Å². The summed E-state index contributed by atoms with van der Waals surface area (Å²) in [6.45, 7) is 0. The Morgan fingerprint density at radius 3 is 2.70 bits per heavy atom. The van der Waals surface area contributed by atoms with Crippen LogP contribution < -0.4 is 10.9 Å². The van der Waals surface area contributed by atoms with Gasteiger partial charge in [0, 0.05) is 24.7 Å². The van der Waals surface area contributed by atoms with Crippen LogP contribution in [0.2, 0.25) is 0 Å². The predicted molar refractivity (Wildman–Crippen MR) is 104 cm³/mol. The molecule has 3 aliphatic carbocycles. The van der Waals surface area contributed by atoms with E-state index in [1.165, 1.54) is 32.1 Å². The Morgan fingerprint density at radius 2 is 1.93 bits per heavy atom. The molecule has 3 atom stereocenters. The molecule has 0 saturated heterocycles. The third-order valence-electron chi connectivity index (χ3n) is 6.95. The van der Waals surface area contributed by atoms with E-state index in [0.29, 0.717) is 22.5 Å². The van der Waals surface area contributed by atoms with E-state index in [0.717, 1.165) is 43.2 Å². The van der Waals surface area contributed by atoms with Crippen molar-refractivity contribution in [1.29, 1.82) is 0 Å². The SMILES string of the molecule is Cn1[nH]c(=O)c2c(C(=O)N[C@@H]3CC[C@@H]4CCCC[C@H]4C3)cc(C3CC3)nc21. The molecule has 6 heteroatoms. The number of aromatic nitrogens is 3. The van der Waals surface area contributed by atoms with Gasteiger partial charge in [-0.05, 0) is 50.0 Å². The average molecular weight is 368 g/mol. The van der Waals surface area contributed by atoms with Crippen molar-refractivity contribution < 1.29 is 4.79 Å². The van der Waals surface area contributed by atoms with E-state index in [4.69, 9.17) is 0 Å². The number of carbonyl (C=O) groups is 1. The molecule has 0 radical (unpaired) electrons. The molecule has 27 heavy (non-hydrogen) atoms. The fourth-order valence-electron chi connectivity index (χ4n) is 5.31. The second kappa shape index (κ2) is 6.50. The summed E-state index contributed by atoms with van der Waals surface area (Å²) >= 11 is 0. The van der Waals surface area contributed by atoms with E-state index < -0.39 is 0 Å². The standard InChI is InChI=1S/C21H28N4O2/c1-25-19-18(21(27)24-25)16(11-17(23-19)13-6-7-13)20(26)22-15-9-8-12-4-2-3-5-14(12)10-15/h11-15H,2-10H2,1H3,(H,22,26)(H,24,27)/t12-,14-,15+/m0/s1. The van der Waals surface area contributed by atoms with Crippen LogP contribution in [0.4, 0.5) is 0 Å². The Kier molecular flexibility index (Phi) is 4.10. The van der Waals surface area contributed by atoms with Gasteiger partial charge in [-0.2, -0.15) is 0 Å². The summed E-state index contributed by atoms with van der Waals surface area (Å²) < 4.78 is 1.63. The Morgan fingerprint density at radius 1 is 1.15 bits per heavy atom. The second-order valence-corrected chi connectivity index (χ2v) is 8.86. The minimum absolute atomic E-state index is 0.111. The zero-order valence-corrected chi connectivity index (χ0v) is 16.0. The minimum Gasteiger partial charge on any atom is -0.349 e. The van der Waals surface area contributed by atoms with Gasteiger partial charge in [0.05, 0.1) is 10.9 Å². The lowest BCUT2D eigenvalue weighted by atomic mass is 9.69. The Labute approximate surface area is 158 Å². The van der Waals surface area contributed by atoms with E-state index in [1.54, 1.807) is 11.7 Å². The van der Waals surface area contributed by atoms with Crippen molar-refractivity contribution in [2.45, 2.75) is 69.7 Å². The third-order valence-corrected chi connectivity index (χ3v) is 6.95. The number of hydrogen-bond acceptors (Lipinski definition) is 3. The number of carbonyl (C=O) groups excluding carboxylic acids is 1. The topological polar surface area (TPSA) is 79.8 Å². The molecule has 5 rings (SSSR count). The van der Waals surface area contributed by atoms with Crippen LogP contribution in [-0.2, 0) is 7.05 Å². The van der Waals surface area contributed by atoms with Crippen molar-refractivity contribution >= 4 is 16.9 Å². The van der Waals surface area contributed by atoms with Crippen molar-refractivity contribution in [2.75, 3.05) is 0 Å². The predicted octanol–water partition coefficient (Wildman–Crippen LogP) is 3.23. The first-order chi connectivity index (χ1) is 13.1. The number of nitrogens with zero attached hydrogens (tertiary/aromatic N) is 2. The highest BCUT2D eigenvalue weighted by Gasteiger charge is 2.34. The second-order valence-electron chi connectivity index (χ2n) is 8.86. The van der Waals surface area contributed by atoms with Crippen LogP contribution >= 0.6 is 0 Å². The van der Waals surface area contributed by atoms with E-state index in [2.05, 4.69) is 15.4 Å². The molecule has 6 nitrogen and oxygen atoms in total. The van der Waals surface area contributed by atoms with Gasteiger partial charge in [-0.25, -0.2) is 4.98 Å². The molecule has 0 aliphatic heterocycles. The first kappa shape index (κ1) is 17.0. The molecule has 2 aromatic heterocycles. The van der Waals surface area contributed by atoms with E-state index >= 15 is 0 Å². The Bertz CT molecular complexity index is 940. The Hall–Kier alpha value is -2.11. The van der Waals surface area contributed by atoms with Gasteiger partial charge in [0.1, 0.15) is 0 Å². The quantitative estimate of drug-likeness (QED) is 0.873. The molecule has 0 spiro atoms. The van der Waals surface area contributed by atoms with Crippen molar-refractivity contribution in [3.05, 3.63) is 27.7 Å². The third kappa shape index (κ3) is 3.09. The number of amides is 1. The minimum atomic E-state index is -0.233. The Balaban J connectivity index is 1.42. The lowest BCUT2D eigenvalue weighted by Gasteiger charge is -2.39. The van der Waals surface area contributed by atoms with E-state index in [9.17, 15) is 9.59 Å².